The van der Waals surface area contributed by atoms with Crippen LogP contribution >= 0.6 is 0 Å². The lowest BCUT2D eigenvalue weighted by molar-refractivity contribution is -0.132. The van der Waals surface area contributed by atoms with Crippen LogP contribution in [0.2, 0.25) is 0 Å². The molecule has 2 unspecified atom stereocenters. The average Bonchev–Trinajstić information content (AvgIpc) is 3.17. The number of pyridine rings is 1. The van der Waals surface area contributed by atoms with Crippen LogP contribution in [0.1, 0.15) is 18.9 Å². The maximum atomic E-state index is 14.9. The highest BCUT2D eigenvalue weighted by atomic mass is 19.1. The Morgan fingerprint density at radius 2 is 2.00 bits per heavy atom. The predicted molar refractivity (Wildman–Crippen MR) is 106 cm³/mol. The fraction of sp³-hybridized carbons (Fsp3) is 0.333. The molecule has 2 aliphatic heterocycles. The van der Waals surface area contributed by atoms with Crippen LogP contribution in [-0.4, -0.2) is 35.2 Å². The lowest BCUT2D eigenvalue weighted by atomic mass is 10.0. The van der Waals surface area contributed by atoms with Crippen molar-refractivity contribution in [1.29, 1.82) is 0 Å². The van der Waals surface area contributed by atoms with Crippen molar-refractivity contribution < 1.29 is 23.1 Å². The zero-order valence-corrected chi connectivity index (χ0v) is 16.3. The molecule has 0 bridgehead atoms. The molecule has 9 heteroatoms. The third kappa shape index (κ3) is 3.60. The molecule has 0 amide bonds. The van der Waals surface area contributed by atoms with E-state index in [4.69, 9.17) is 5.73 Å². The molecule has 6 nitrogen and oxygen atoms in total. The van der Waals surface area contributed by atoms with Crippen molar-refractivity contribution >= 4 is 23.3 Å². The first-order valence-electron chi connectivity index (χ1n) is 9.63. The first-order chi connectivity index (χ1) is 14.2. The van der Waals surface area contributed by atoms with E-state index in [9.17, 15) is 23.1 Å². The van der Waals surface area contributed by atoms with Crippen LogP contribution in [0.3, 0.4) is 0 Å². The number of hydrogen-bond donors (Lipinski definition) is 2. The molecule has 3 heterocycles. The van der Waals surface area contributed by atoms with Gasteiger partial charge in [0.1, 0.15) is 17.5 Å². The van der Waals surface area contributed by atoms with Gasteiger partial charge >= 0.3 is 5.97 Å². The molecular weight excluding hydrogens is 397 g/mol. The van der Waals surface area contributed by atoms with Gasteiger partial charge in [-0.15, -0.1) is 0 Å². The molecule has 0 saturated carbocycles. The molecule has 3 N–H and O–H groups in total. The fourth-order valence-electron chi connectivity index (χ4n) is 3.94. The van der Waals surface area contributed by atoms with E-state index < -0.39 is 23.4 Å². The van der Waals surface area contributed by atoms with Crippen molar-refractivity contribution in [3.63, 3.8) is 0 Å². The van der Waals surface area contributed by atoms with Gasteiger partial charge < -0.3 is 15.7 Å². The van der Waals surface area contributed by atoms with Gasteiger partial charge in [0, 0.05) is 43.4 Å². The van der Waals surface area contributed by atoms with Gasteiger partial charge in [-0.1, -0.05) is 0 Å². The Labute approximate surface area is 171 Å². The molecule has 2 aromatic rings. The molecule has 0 spiro atoms. The van der Waals surface area contributed by atoms with Crippen LogP contribution in [0.5, 0.6) is 0 Å². The summed E-state index contributed by atoms with van der Waals surface area (Å²) < 4.78 is 42.8. The largest absolute Gasteiger partial charge is 0.478 e. The van der Waals surface area contributed by atoms with Gasteiger partial charge in [0.25, 0.3) is 0 Å². The molecule has 1 aromatic carbocycles. The summed E-state index contributed by atoms with van der Waals surface area (Å²) in [5.74, 6) is -2.91. The summed E-state index contributed by atoms with van der Waals surface area (Å²) in [5, 5.41) is 9.44. The van der Waals surface area contributed by atoms with Gasteiger partial charge in [0.05, 0.1) is 11.3 Å². The number of carboxylic acid groups (broad SMARTS) is 1. The second kappa shape index (κ2) is 7.64. The zero-order valence-electron chi connectivity index (χ0n) is 16.3. The highest BCUT2D eigenvalue weighted by molar-refractivity contribution is 5.90. The number of carbonyl (C=O) groups is 1. The number of fused-ring (bicyclic) bond motifs is 1. The number of carboxylic acids is 1. The predicted octanol–water partition coefficient (Wildman–Crippen LogP) is 3.34. The van der Waals surface area contributed by atoms with E-state index >= 15 is 0 Å². The first kappa shape index (κ1) is 20.2. The third-order valence-corrected chi connectivity index (χ3v) is 5.62. The molecule has 2 aliphatic rings. The van der Waals surface area contributed by atoms with Gasteiger partial charge in [-0.05, 0) is 37.5 Å². The Hall–Kier alpha value is -3.07. The normalized spacial score (nSPS) is 19.5. The number of nitrogens with two attached hydrogens (primary N) is 1. The van der Waals surface area contributed by atoms with E-state index in [0.717, 1.165) is 12.5 Å². The summed E-state index contributed by atoms with van der Waals surface area (Å²) >= 11 is 0. The Morgan fingerprint density at radius 1 is 1.23 bits per heavy atom. The highest BCUT2D eigenvalue weighted by Crippen LogP contribution is 2.38. The van der Waals surface area contributed by atoms with E-state index in [-0.39, 0.29) is 41.3 Å². The third-order valence-electron chi connectivity index (χ3n) is 5.62. The maximum absolute atomic E-state index is 14.9. The number of nitrogens with zero attached hydrogens (tertiary/aromatic N) is 3. The van der Waals surface area contributed by atoms with Crippen LogP contribution in [-0.2, 0) is 11.2 Å². The van der Waals surface area contributed by atoms with Crippen molar-refractivity contribution in [2.45, 2.75) is 25.8 Å². The van der Waals surface area contributed by atoms with Crippen molar-refractivity contribution in [2.75, 3.05) is 22.9 Å². The van der Waals surface area contributed by atoms with Crippen molar-refractivity contribution in [3.8, 4) is 0 Å². The van der Waals surface area contributed by atoms with Crippen molar-refractivity contribution in [2.24, 2.45) is 11.7 Å². The van der Waals surface area contributed by atoms with E-state index in [1.165, 1.54) is 23.2 Å². The Balaban J connectivity index is 1.80. The number of benzene rings is 1. The minimum Gasteiger partial charge on any atom is -0.478 e. The Morgan fingerprint density at radius 3 is 2.63 bits per heavy atom. The smallest absolute Gasteiger partial charge is 0.333 e. The van der Waals surface area contributed by atoms with Gasteiger partial charge in [0.15, 0.2) is 11.6 Å². The second-order valence-electron chi connectivity index (χ2n) is 7.73. The van der Waals surface area contributed by atoms with E-state index in [1.54, 1.807) is 4.90 Å². The molecular formula is C21H21F3N4O2. The van der Waals surface area contributed by atoms with Gasteiger partial charge in [-0.25, -0.2) is 22.9 Å². The summed E-state index contributed by atoms with van der Waals surface area (Å²) in [6.07, 6.45) is 1.98. The number of rotatable bonds is 4. The molecule has 0 radical (unpaired) electrons. The van der Waals surface area contributed by atoms with Crippen LogP contribution < -0.4 is 15.5 Å². The minimum atomic E-state index is -1.21. The molecule has 4 rings (SSSR count). The Kier molecular flexibility index (Phi) is 5.15. The average molecular weight is 418 g/mol. The number of aliphatic carboxylic acids is 1. The first-order valence-corrected chi connectivity index (χ1v) is 9.63. The Bertz CT molecular complexity index is 1040. The van der Waals surface area contributed by atoms with Crippen LogP contribution in [0.4, 0.5) is 30.5 Å². The zero-order chi connectivity index (χ0) is 21.6. The standard InChI is InChI=1S/C21H21F3N4O2/c1-11(25)12-4-5-27(9-12)20-17(24)7-13-6-14(21(29)30)10-28(19(13)26-20)18-3-2-15(22)8-16(18)23/h2-3,7-8,10-12H,4-6,9,25H2,1H3,(H,29,30). The SMILES string of the molecule is CC(N)C1CCN(c2nc3c(cc2F)CC(C(=O)O)=CN3c2ccc(F)cc2F)C1. The molecule has 1 aromatic heterocycles. The summed E-state index contributed by atoms with van der Waals surface area (Å²) in [7, 11) is 0. The van der Waals surface area contributed by atoms with Crippen LogP contribution in [0.25, 0.3) is 0 Å². The summed E-state index contributed by atoms with van der Waals surface area (Å²) in [5.41, 5.74) is 6.15. The molecule has 0 aliphatic carbocycles. The number of anilines is 3. The molecule has 158 valence electrons. The number of halogens is 3. The van der Waals surface area contributed by atoms with Crippen LogP contribution in [0, 0.1) is 23.4 Å². The monoisotopic (exact) mass is 418 g/mol. The number of hydrogen-bond acceptors (Lipinski definition) is 5. The molecule has 30 heavy (non-hydrogen) atoms. The van der Waals surface area contributed by atoms with Crippen LogP contribution in [0.15, 0.2) is 36.0 Å². The lowest BCUT2D eigenvalue weighted by Gasteiger charge is -2.29. The topological polar surface area (TPSA) is 82.7 Å². The maximum Gasteiger partial charge on any atom is 0.333 e. The molecule has 1 saturated heterocycles. The van der Waals surface area contributed by atoms with E-state index in [0.29, 0.717) is 24.7 Å². The summed E-state index contributed by atoms with van der Waals surface area (Å²) in [6.45, 7) is 3.03. The highest BCUT2D eigenvalue weighted by Gasteiger charge is 2.31. The van der Waals surface area contributed by atoms with E-state index in [1.807, 2.05) is 6.92 Å². The van der Waals surface area contributed by atoms with Crippen molar-refractivity contribution in [1.82, 2.24) is 4.98 Å². The number of aromatic nitrogens is 1. The molecule has 2 atom stereocenters. The minimum absolute atomic E-state index is 0.0402. The van der Waals surface area contributed by atoms with Gasteiger partial charge in [-0.3, -0.25) is 4.90 Å². The van der Waals surface area contributed by atoms with Gasteiger partial charge in [0.2, 0.25) is 0 Å². The quantitative estimate of drug-likeness (QED) is 0.793. The molecule has 1 fully saturated rings. The fourth-order valence-corrected chi connectivity index (χ4v) is 3.94. The van der Waals surface area contributed by atoms with Crippen molar-refractivity contribution in [3.05, 3.63) is 59.1 Å². The summed E-state index contributed by atoms with van der Waals surface area (Å²) in [6, 6.07) is 4.17. The van der Waals surface area contributed by atoms with Gasteiger partial charge in [-0.2, -0.15) is 0 Å². The van der Waals surface area contributed by atoms with E-state index in [2.05, 4.69) is 4.98 Å². The lowest BCUT2D eigenvalue weighted by Crippen LogP contribution is -2.31. The summed E-state index contributed by atoms with van der Waals surface area (Å²) in [4.78, 5) is 19.0. The second-order valence-corrected chi connectivity index (χ2v) is 7.73.